The SMILES string of the molecule is COC[C@H]1CCN(CC2CC2)C2(C1)CN(Cc1cc(C)nn1C)C2. The third-order valence-electron chi connectivity index (χ3n) is 6.24. The van der Waals surface area contributed by atoms with Crippen LogP contribution in [0, 0.1) is 18.8 Å². The predicted octanol–water partition coefficient (Wildman–Crippen LogP) is 2.05. The molecule has 1 saturated carbocycles. The van der Waals surface area contributed by atoms with Gasteiger partial charge in [-0.1, -0.05) is 0 Å². The Morgan fingerprint density at radius 2 is 2.04 bits per heavy atom. The number of likely N-dealkylation sites (tertiary alicyclic amines) is 2. The molecule has 5 nitrogen and oxygen atoms in total. The second-order valence-electron chi connectivity index (χ2n) is 8.47. The van der Waals surface area contributed by atoms with Crippen molar-refractivity contribution in [2.75, 3.05) is 39.9 Å². The lowest BCUT2D eigenvalue weighted by molar-refractivity contribution is -0.104. The summed E-state index contributed by atoms with van der Waals surface area (Å²) in [6.07, 6.45) is 5.52. The van der Waals surface area contributed by atoms with Crippen molar-refractivity contribution in [1.29, 1.82) is 0 Å². The van der Waals surface area contributed by atoms with Gasteiger partial charge in [-0.2, -0.15) is 5.10 Å². The molecule has 3 fully saturated rings. The maximum absolute atomic E-state index is 5.47. The van der Waals surface area contributed by atoms with Gasteiger partial charge in [-0.15, -0.1) is 0 Å². The lowest BCUT2D eigenvalue weighted by Gasteiger charge is -2.60. The fourth-order valence-corrected chi connectivity index (χ4v) is 4.89. The first-order valence-electron chi connectivity index (χ1n) is 9.54. The molecule has 0 bridgehead atoms. The van der Waals surface area contributed by atoms with Gasteiger partial charge in [-0.3, -0.25) is 14.5 Å². The number of piperidine rings is 1. The Hall–Kier alpha value is -0.910. The normalized spacial score (nSPS) is 27.5. The van der Waals surface area contributed by atoms with Crippen LogP contribution in [0.2, 0.25) is 0 Å². The van der Waals surface area contributed by atoms with Crippen LogP contribution >= 0.6 is 0 Å². The predicted molar refractivity (Wildman–Crippen MR) is 94.9 cm³/mol. The van der Waals surface area contributed by atoms with Crippen LogP contribution in [0.3, 0.4) is 0 Å². The summed E-state index contributed by atoms with van der Waals surface area (Å²) in [5, 5.41) is 4.49. The molecule has 2 aliphatic heterocycles. The molecule has 0 unspecified atom stereocenters. The van der Waals surface area contributed by atoms with Gasteiger partial charge in [0.25, 0.3) is 0 Å². The molecule has 4 rings (SSSR count). The van der Waals surface area contributed by atoms with Gasteiger partial charge in [0.15, 0.2) is 0 Å². The Bertz CT molecular complexity index is 574. The minimum Gasteiger partial charge on any atom is -0.384 e. The third-order valence-corrected chi connectivity index (χ3v) is 6.24. The summed E-state index contributed by atoms with van der Waals surface area (Å²) < 4.78 is 7.51. The molecule has 0 radical (unpaired) electrons. The first-order valence-corrected chi connectivity index (χ1v) is 9.54. The van der Waals surface area contributed by atoms with Gasteiger partial charge >= 0.3 is 0 Å². The van der Waals surface area contributed by atoms with Crippen molar-refractivity contribution in [3.05, 3.63) is 17.5 Å². The molecule has 0 N–H and O–H groups in total. The molecule has 1 aromatic heterocycles. The van der Waals surface area contributed by atoms with Crippen molar-refractivity contribution in [2.24, 2.45) is 18.9 Å². The topological polar surface area (TPSA) is 33.5 Å². The number of rotatable bonds is 6. The van der Waals surface area contributed by atoms with Crippen molar-refractivity contribution in [2.45, 2.75) is 44.7 Å². The quantitative estimate of drug-likeness (QED) is 0.798. The maximum Gasteiger partial charge on any atom is 0.0597 e. The number of methoxy groups -OCH3 is 1. The van der Waals surface area contributed by atoms with Crippen LogP contribution in [-0.4, -0.2) is 65.0 Å². The van der Waals surface area contributed by atoms with Crippen LogP contribution in [0.15, 0.2) is 6.07 Å². The summed E-state index contributed by atoms with van der Waals surface area (Å²) in [6.45, 7) is 9.07. The fourth-order valence-electron chi connectivity index (χ4n) is 4.89. The molecule has 1 aromatic rings. The van der Waals surface area contributed by atoms with Crippen LogP contribution in [0.5, 0.6) is 0 Å². The van der Waals surface area contributed by atoms with Gasteiger partial charge in [0, 0.05) is 52.5 Å². The van der Waals surface area contributed by atoms with E-state index in [9.17, 15) is 0 Å². The number of aryl methyl sites for hydroxylation is 2. The minimum atomic E-state index is 0.414. The lowest BCUT2D eigenvalue weighted by atomic mass is 9.75. The van der Waals surface area contributed by atoms with E-state index >= 15 is 0 Å². The molecular weight excluding hydrogens is 300 g/mol. The van der Waals surface area contributed by atoms with Gasteiger partial charge in [-0.25, -0.2) is 0 Å². The van der Waals surface area contributed by atoms with Crippen molar-refractivity contribution in [1.82, 2.24) is 19.6 Å². The standard InChI is InChI=1S/C19H32N4O/c1-15-8-18(21(2)20-15)11-22-13-19(14-22)9-17(12-24-3)6-7-23(19)10-16-4-5-16/h8,16-17H,4-7,9-14H2,1-3H3/t17-/m0/s1. The third kappa shape index (κ3) is 3.26. The first-order chi connectivity index (χ1) is 11.6. The zero-order valence-electron chi connectivity index (χ0n) is 15.5. The van der Waals surface area contributed by atoms with E-state index in [1.165, 1.54) is 57.6 Å². The van der Waals surface area contributed by atoms with Crippen molar-refractivity contribution in [3.8, 4) is 0 Å². The lowest BCUT2D eigenvalue weighted by Crippen LogP contribution is -2.72. The zero-order chi connectivity index (χ0) is 16.7. The molecule has 5 heteroatoms. The Labute approximate surface area is 145 Å². The highest BCUT2D eigenvalue weighted by atomic mass is 16.5. The molecule has 134 valence electrons. The highest BCUT2D eigenvalue weighted by Crippen LogP contribution is 2.42. The highest BCUT2D eigenvalue weighted by Gasteiger charge is 2.51. The van der Waals surface area contributed by atoms with Crippen LogP contribution in [-0.2, 0) is 18.3 Å². The van der Waals surface area contributed by atoms with E-state index in [4.69, 9.17) is 4.74 Å². The van der Waals surface area contributed by atoms with Crippen LogP contribution in [0.4, 0.5) is 0 Å². The van der Waals surface area contributed by atoms with E-state index in [1.807, 2.05) is 11.8 Å². The molecular formula is C19H32N4O. The van der Waals surface area contributed by atoms with Crippen LogP contribution in [0.25, 0.3) is 0 Å². The van der Waals surface area contributed by atoms with Crippen molar-refractivity contribution >= 4 is 0 Å². The van der Waals surface area contributed by atoms with E-state index in [0.717, 1.165) is 30.7 Å². The highest BCUT2D eigenvalue weighted by molar-refractivity contribution is 5.13. The van der Waals surface area contributed by atoms with Crippen LogP contribution < -0.4 is 0 Å². The molecule has 1 aliphatic carbocycles. The molecule has 1 spiro atoms. The number of aromatic nitrogens is 2. The number of ether oxygens (including phenoxy) is 1. The average Bonchev–Trinajstić information content (AvgIpc) is 3.25. The Balaban J connectivity index is 1.40. The Kier molecular flexibility index (Phi) is 4.43. The number of hydrogen-bond donors (Lipinski definition) is 0. The summed E-state index contributed by atoms with van der Waals surface area (Å²) in [4.78, 5) is 5.44. The monoisotopic (exact) mass is 332 g/mol. The first kappa shape index (κ1) is 16.6. The van der Waals surface area contributed by atoms with Gasteiger partial charge in [0.1, 0.15) is 0 Å². The smallest absolute Gasteiger partial charge is 0.0597 e. The second kappa shape index (κ2) is 6.43. The second-order valence-corrected chi connectivity index (χ2v) is 8.47. The van der Waals surface area contributed by atoms with Crippen molar-refractivity contribution < 1.29 is 4.74 Å². The van der Waals surface area contributed by atoms with Gasteiger partial charge in [0.05, 0.1) is 11.4 Å². The van der Waals surface area contributed by atoms with Gasteiger partial charge in [0.2, 0.25) is 0 Å². The van der Waals surface area contributed by atoms with E-state index in [0.29, 0.717) is 5.54 Å². The fraction of sp³-hybridized carbons (Fsp3) is 0.842. The average molecular weight is 332 g/mol. The maximum atomic E-state index is 5.47. The molecule has 1 atom stereocenters. The van der Waals surface area contributed by atoms with E-state index in [1.54, 1.807) is 0 Å². The Morgan fingerprint density at radius 1 is 1.25 bits per heavy atom. The minimum absolute atomic E-state index is 0.414. The summed E-state index contributed by atoms with van der Waals surface area (Å²) >= 11 is 0. The van der Waals surface area contributed by atoms with E-state index in [2.05, 4.69) is 34.9 Å². The van der Waals surface area contributed by atoms with E-state index in [-0.39, 0.29) is 0 Å². The van der Waals surface area contributed by atoms with Gasteiger partial charge in [-0.05, 0) is 57.1 Å². The van der Waals surface area contributed by atoms with E-state index < -0.39 is 0 Å². The largest absolute Gasteiger partial charge is 0.384 e. The molecule has 3 heterocycles. The van der Waals surface area contributed by atoms with Crippen LogP contribution in [0.1, 0.15) is 37.1 Å². The number of nitrogens with zero attached hydrogens (tertiary/aromatic N) is 4. The molecule has 24 heavy (non-hydrogen) atoms. The summed E-state index contributed by atoms with van der Waals surface area (Å²) in [5.74, 6) is 1.72. The molecule has 3 aliphatic rings. The Morgan fingerprint density at radius 3 is 2.67 bits per heavy atom. The number of hydrogen-bond acceptors (Lipinski definition) is 4. The summed E-state index contributed by atoms with van der Waals surface area (Å²) in [6, 6.07) is 2.22. The molecule has 2 saturated heterocycles. The van der Waals surface area contributed by atoms with Gasteiger partial charge < -0.3 is 4.74 Å². The molecule has 0 amide bonds. The molecule has 0 aromatic carbocycles. The van der Waals surface area contributed by atoms with Crippen molar-refractivity contribution in [3.63, 3.8) is 0 Å². The summed E-state index contributed by atoms with van der Waals surface area (Å²) in [5.41, 5.74) is 2.87. The summed E-state index contributed by atoms with van der Waals surface area (Å²) in [7, 11) is 3.91. The zero-order valence-corrected chi connectivity index (χ0v) is 15.5.